The number of hydrogen-bond acceptors (Lipinski definition) is 2. The molecule has 1 rings (SSSR count). The van der Waals surface area contributed by atoms with Crippen LogP contribution in [-0.4, -0.2) is 6.29 Å². The average molecular weight is 213 g/mol. The Morgan fingerprint density at radius 2 is 2.07 bits per heavy atom. The van der Waals surface area contributed by atoms with E-state index in [2.05, 4.69) is 0 Å². The second kappa shape index (κ2) is 4.13. The van der Waals surface area contributed by atoms with Crippen LogP contribution in [0, 0.1) is 11.3 Å². The summed E-state index contributed by atoms with van der Waals surface area (Å²) in [6.45, 7) is 0. The minimum absolute atomic E-state index is 0.0577. The van der Waals surface area contributed by atoms with Crippen LogP contribution in [0.3, 0.4) is 0 Å². The maximum Gasteiger partial charge on any atom is 0.416 e. The van der Waals surface area contributed by atoms with Gasteiger partial charge in [0.05, 0.1) is 11.6 Å². The van der Waals surface area contributed by atoms with Crippen molar-refractivity contribution < 1.29 is 18.0 Å². The number of carbonyl (C=O) groups is 1. The van der Waals surface area contributed by atoms with Gasteiger partial charge in [-0.15, -0.1) is 0 Å². The van der Waals surface area contributed by atoms with Gasteiger partial charge in [0.15, 0.2) is 0 Å². The van der Waals surface area contributed by atoms with Crippen molar-refractivity contribution in [2.45, 2.75) is 12.1 Å². The molecule has 0 bridgehead atoms. The third-order valence-electron chi connectivity index (χ3n) is 1.85. The van der Waals surface area contributed by atoms with Crippen molar-refractivity contribution in [2.75, 3.05) is 0 Å². The fourth-order valence-electron chi connectivity index (χ4n) is 1.09. The molecule has 0 aliphatic rings. The first-order chi connectivity index (χ1) is 6.99. The van der Waals surface area contributed by atoms with Gasteiger partial charge in [-0.25, -0.2) is 0 Å². The number of nitriles is 1. The van der Waals surface area contributed by atoms with Crippen LogP contribution in [-0.2, 0) is 11.0 Å². The van der Waals surface area contributed by atoms with E-state index in [1.807, 2.05) is 0 Å². The molecule has 0 aliphatic heterocycles. The summed E-state index contributed by atoms with van der Waals surface area (Å²) in [6, 6.07) is 5.80. The smallest absolute Gasteiger partial charge is 0.302 e. The summed E-state index contributed by atoms with van der Waals surface area (Å²) in [5.41, 5.74) is -0.801. The van der Waals surface area contributed by atoms with Crippen LogP contribution in [0.4, 0.5) is 13.2 Å². The lowest BCUT2D eigenvalue weighted by atomic mass is 10.00. The summed E-state index contributed by atoms with van der Waals surface area (Å²) in [6.07, 6.45) is -4.14. The largest absolute Gasteiger partial charge is 0.416 e. The zero-order valence-corrected chi connectivity index (χ0v) is 7.45. The molecule has 1 unspecified atom stereocenters. The van der Waals surface area contributed by atoms with Gasteiger partial charge in [-0.05, 0) is 11.6 Å². The predicted octanol–water partition coefficient (Wildman–Crippen LogP) is 2.51. The number of nitrogens with zero attached hydrogens (tertiary/aromatic N) is 1. The van der Waals surface area contributed by atoms with Crippen molar-refractivity contribution in [3.63, 3.8) is 0 Å². The molecule has 0 amide bonds. The van der Waals surface area contributed by atoms with Crippen LogP contribution >= 0.6 is 0 Å². The van der Waals surface area contributed by atoms with E-state index in [-0.39, 0.29) is 5.56 Å². The van der Waals surface area contributed by atoms with Crippen LogP contribution in [0.15, 0.2) is 24.3 Å². The summed E-state index contributed by atoms with van der Waals surface area (Å²) >= 11 is 0. The number of alkyl halides is 3. The standard InChI is InChI=1S/C10H6F3NO/c11-10(12,13)9-3-1-2-7(4-9)8(5-14)6-15/h1-4,6,8H. The molecule has 0 heterocycles. The van der Waals surface area contributed by atoms with E-state index >= 15 is 0 Å². The van der Waals surface area contributed by atoms with Gasteiger partial charge in [-0.1, -0.05) is 18.2 Å². The highest BCUT2D eigenvalue weighted by molar-refractivity contribution is 5.66. The van der Waals surface area contributed by atoms with Crippen molar-refractivity contribution in [2.24, 2.45) is 0 Å². The Kier molecular flexibility index (Phi) is 3.10. The molecule has 1 aromatic rings. The maximum atomic E-state index is 12.3. The minimum atomic E-state index is -4.46. The molecule has 0 saturated heterocycles. The summed E-state index contributed by atoms with van der Waals surface area (Å²) in [5.74, 6) is -1.15. The molecule has 0 aliphatic carbocycles. The maximum absolute atomic E-state index is 12.3. The monoisotopic (exact) mass is 213 g/mol. The van der Waals surface area contributed by atoms with Crippen LogP contribution in [0.5, 0.6) is 0 Å². The first-order valence-corrected chi connectivity index (χ1v) is 4.01. The summed E-state index contributed by atoms with van der Waals surface area (Å²) in [4.78, 5) is 10.4. The molecule has 0 aromatic heterocycles. The number of halogens is 3. The lowest BCUT2D eigenvalue weighted by molar-refractivity contribution is -0.137. The van der Waals surface area contributed by atoms with Gasteiger partial charge in [0.2, 0.25) is 0 Å². The highest BCUT2D eigenvalue weighted by Gasteiger charge is 2.30. The number of hydrogen-bond donors (Lipinski definition) is 0. The molecular formula is C10H6F3NO. The first-order valence-electron chi connectivity index (χ1n) is 4.01. The number of carbonyl (C=O) groups excluding carboxylic acids is 1. The van der Waals surface area contributed by atoms with Gasteiger partial charge in [-0.3, -0.25) is 0 Å². The first kappa shape index (κ1) is 11.2. The Labute approximate surface area is 83.9 Å². The zero-order valence-electron chi connectivity index (χ0n) is 7.45. The predicted molar refractivity (Wildman–Crippen MR) is 45.9 cm³/mol. The highest BCUT2D eigenvalue weighted by atomic mass is 19.4. The Balaban J connectivity index is 3.14. The van der Waals surface area contributed by atoms with Gasteiger partial charge in [0.1, 0.15) is 12.2 Å². The van der Waals surface area contributed by atoms with Crippen molar-refractivity contribution >= 4 is 6.29 Å². The van der Waals surface area contributed by atoms with Crippen molar-refractivity contribution in [3.05, 3.63) is 35.4 Å². The molecule has 0 spiro atoms. The summed E-state index contributed by atoms with van der Waals surface area (Å²) < 4.78 is 36.8. The summed E-state index contributed by atoms with van der Waals surface area (Å²) in [7, 11) is 0. The number of aldehydes is 1. The Bertz CT molecular complexity index is 406. The van der Waals surface area contributed by atoms with Gasteiger partial charge < -0.3 is 4.79 Å². The van der Waals surface area contributed by atoms with E-state index in [1.165, 1.54) is 12.1 Å². The second-order valence-corrected chi connectivity index (χ2v) is 2.87. The molecular weight excluding hydrogens is 207 g/mol. The van der Waals surface area contributed by atoms with E-state index in [4.69, 9.17) is 5.26 Å². The van der Waals surface area contributed by atoms with Gasteiger partial charge in [-0.2, -0.15) is 18.4 Å². The molecule has 1 aromatic carbocycles. The van der Waals surface area contributed by atoms with Gasteiger partial charge >= 0.3 is 6.18 Å². The quantitative estimate of drug-likeness (QED) is 0.708. The topological polar surface area (TPSA) is 40.9 Å². The third kappa shape index (κ3) is 2.56. The molecule has 1 atom stereocenters. The molecule has 15 heavy (non-hydrogen) atoms. The second-order valence-electron chi connectivity index (χ2n) is 2.87. The highest BCUT2D eigenvalue weighted by Crippen LogP contribution is 2.30. The number of benzene rings is 1. The van der Waals surface area contributed by atoms with Crippen LogP contribution in [0.2, 0.25) is 0 Å². The fourth-order valence-corrected chi connectivity index (χ4v) is 1.09. The Morgan fingerprint density at radius 3 is 2.53 bits per heavy atom. The zero-order chi connectivity index (χ0) is 11.5. The Hall–Kier alpha value is -1.83. The van der Waals surface area contributed by atoms with E-state index in [1.54, 1.807) is 6.07 Å². The molecule has 2 nitrogen and oxygen atoms in total. The third-order valence-corrected chi connectivity index (χ3v) is 1.85. The van der Waals surface area contributed by atoms with Crippen molar-refractivity contribution in [1.29, 1.82) is 5.26 Å². The van der Waals surface area contributed by atoms with Crippen LogP contribution < -0.4 is 0 Å². The molecule has 0 N–H and O–H groups in total. The van der Waals surface area contributed by atoms with E-state index in [0.717, 1.165) is 12.1 Å². The lowest BCUT2D eigenvalue weighted by Crippen LogP contribution is -2.06. The normalized spacial score (nSPS) is 12.9. The molecule has 0 fully saturated rings. The summed E-state index contributed by atoms with van der Waals surface area (Å²) in [5, 5.41) is 8.51. The fraction of sp³-hybridized carbons (Fsp3) is 0.200. The molecule has 0 saturated carbocycles. The van der Waals surface area contributed by atoms with Crippen molar-refractivity contribution in [3.8, 4) is 6.07 Å². The Morgan fingerprint density at radius 1 is 1.40 bits per heavy atom. The van der Waals surface area contributed by atoms with Crippen molar-refractivity contribution in [1.82, 2.24) is 0 Å². The molecule has 0 radical (unpaired) electrons. The number of rotatable bonds is 2. The molecule has 5 heteroatoms. The minimum Gasteiger partial charge on any atom is -0.302 e. The van der Waals surface area contributed by atoms with E-state index < -0.39 is 17.7 Å². The van der Waals surface area contributed by atoms with Gasteiger partial charge in [0.25, 0.3) is 0 Å². The molecule has 78 valence electrons. The SMILES string of the molecule is N#CC(C=O)c1cccc(C(F)(F)F)c1. The van der Waals surface area contributed by atoms with Crippen LogP contribution in [0.25, 0.3) is 0 Å². The van der Waals surface area contributed by atoms with E-state index in [0.29, 0.717) is 6.29 Å². The lowest BCUT2D eigenvalue weighted by Gasteiger charge is -2.08. The average Bonchev–Trinajstić information content (AvgIpc) is 2.19. The van der Waals surface area contributed by atoms with Crippen LogP contribution in [0.1, 0.15) is 17.0 Å². The van der Waals surface area contributed by atoms with E-state index in [9.17, 15) is 18.0 Å². The van der Waals surface area contributed by atoms with Gasteiger partial charge in [0, 0.05) is 0 Å².